The highest BCUT2D eigenvalue weighted by Crippen LogP contribution is 2.22. The minimum absolute atomic E-state index is 0.0469. The van der Waals surface area contributed by atoms with Gasteiger partial charge in [0.05, 0.1) is 6.61 Å². The fourth-order valence-corrected chi connectivity index (χ4v) is 1.71. The smallest absolute Gasteiger partial charge is 0.199 e. The van der Waals surface area contributed by atoms with E-state index in [2.05, 4.69) is 15.9 Å². The molecule has 0 bridgehead atoms. The summed E-state index contributed by atoms with van der Waals surface area (Å²) in [7, 11) is 0. The third-order valence-electron chi connectivity index (χ3n) is 1.95. The first-order chi connectivity index (χ1) is 6.34. The molecule has 0 amide bonds. The summed E-state index contributed by atoms with van der Waals surface area (Å²) in [6.07, 6.45) is 2.04. The van der Waals surface area contributed by atoms with Gasteiger partial charge in [-0.1, -0.05) is 22.0 Å². The van der Waals surface area contributed by atoms with Crippen LogP contribution >= 0.6 is 15.9 Å². The van der Waals surface area contributed by atoms with Crippen molar-refractivity contribution in [1.82, 2.24) is 0 Å². The number of rotatable bonds is 2. The van der Waals surface area contributed by atoms with Gasteiger partial charge >= 0.3 is 0 Å². The monoisotopic (exact) mass is 242 g/mol. The zero-order valence-corrected chi connectivity index (χ0v) is 8.79. The van der Waals surface area contributed by atoms with Crippen molar-refractivity contribution in [2.75, 3.05) is 6.61 Å². The van der Waals surface area contributed by atoms with E-state index < -0.39 is 0 Å². The van der Waals surface area contributed by atoms with Crippen LogP contribution in [0, 0.1) is 0 Å². The molecule has 1 aromatic carbocycles. The molecule has 0 spiro atoms. The quantitative estimate of drug-likeness (QED) is 0.794. The molecule has 1 atom stereocenters. The van der Waals surface area contributed by atoms with Gasteiger partial charge < -0.3 is 9.47 Å². The first-order valence-electron chi connectivity index (χ1n) is 4.38. The van der Waals surface area contributed by atoms with Crippen LogP contribution in [-0.4, -0.2) is 12.9 Å². The van der Waals surface area contributed by atoms with Crippen LogP contribution in [0.15, 0.2) is 28.7 Å². The van der Waals surface area contributed by atoms with Crippen molar-refractivity contribution >= 4 is 15.9 Å². The molecule has 2 nitrogen and oxygen atoms in total. The Balaban J connectivity index is 2.00. The van der Waals surface area contributed by atoms with Crippen molar-refractivity contribution in [2.24, 2.45) is 0 Å². The zero-order chi connectivity index (χ0) is 9.10. The number of benzene rings is 1. The van der Waals surface area contributed by atoms with E-state index in [0.29, 0.717) is 0 Å². The maximum absolute atomic E-state index is 5.60. The molecule has 0 aliphatic carbocycles. The van der Waals surface area contributed by atoms with E-state index in [-0.39, 0.29) is 6.29 Å². The Kier molecular flexibility index (Phi) is 2.86. The largest absolute Gasteiger partial charge is 0.465 e. The van der Waals surface area contributed by atoms with Crippen LogP contribution in [0.5, 0.6) is 5.75 Å². The van der Waals surface area contributed by atoms with E-state index in [4.69, 9.17) is 9.47 Å². The lowest BCUT2D eigenvalue weighted by Gasteiger charge is -2.12. The standard InChI is InChI=1S/C10H11BrO2/c11-8-3-1-4-9(7-8)13-10-5-2-6-12-10/h1,3-4,7,10H,2,5-6H2. The van der Waals surface area contributed by atoms with Crippen molar-refractivity contribution in [3.8, 4) is 5.75 Å². The molecule has 3 heteroatoms. The zero-order valence-electron chi connectivity index (χ0n) is 7.20. The molecule has 0 N–H and O–H groups in total. The Morgan fingerprint density at radius 2 is 2.38 bits per heavy atom. The van der Waals surface area contributed by atoms with Crippen LogP contribution < -0.4 is 4.74 Å². The molecular weight excluding hydrogens is 232 g/mol. The van der Waals surface area contributed by atoms with Gasteiger partial charge in [-0.25, -0.2) is 0 Å². The topological polar surface area (TPSA) is 18.5 Å². The van der Waals surface area contributed by atoms with Gasteiger partial charge in [0.1, 0.15) is 5.75 Å². The average molecular weight is 243 g/mol. The Labute approximate surface area is 86.0 Å². The second-order valence-corrected chi connectivity index (χ2v) is 3.93. The third kappa shape index (κ3) is 2.45. The Hall–Kier alpha value is -0.540. The van der Waals surface area contributed by atoms with E-state index in [0.717, 1.165) is 29.7 Å². The van der Waals surface area contributed by atoms with Gasteiger partial charge in [-0.2, -0.15) is 0 Å². The fraction of sp³-hybridized carbons (Fsp3) is 0.400. The molecule has 2 rings (SSSR count). The van der Waals surface area contributed by atoms with Crippen LogP contribution in [0.25, 0.3) is 0 Å². The molecule has 1 fully saturated rings. The highest BCUT2D eigenvalue weighted by atomic mass is 79.9. The predicted molar refractivity (Wildman–Crippen MR) is 53.7 cm³/mol. The number of ether oxygens (including phenoxy) is 2. The Morgan fingerprint density at radius 1 is 1.46 bits per heavy atom. The summed E-state index contributed by atoms with van der Waals surface area (Å²) < 4.78 is 12.0. The molecule has 0 radical (unpaired) electrons. The molecule has 1 heterocycles. The van der Waals surface area contributed by atoms with Gasteiger partial charge in [0.2, 0.25) is 0 Å². The molecule has 0 aromatic heterocycles. The summed E-state index contributed by atoms with van der Waals surface area (Å²) in [4.78, 5) is 0. The van der Waals surface area contributed by atoms with E-state index >= 15 is 0 Å². The average Bonchev–Trinajstić information content (AvgIpc) is 2.57. The molecule has 0 saturated carbocycles. The van der Waals surface area contributed by atoms with Gasteiger partial charge in [-0.15, -0.1) is 0 Å². The Morgan fingerprint density at radius 3 is 3.08 bits per heavy atom. The predicted octanol–water partition coefficient (Wildman–Crippen LogP) is 2.96. The van der Waals surface area contributed by atoms with Crippen LogP contribution in [0.1, 0.15) is 12.8 Å². The number of hydrogen-bond acceptors (Lipinski definition) is 2. The van der Waals surface area contributed by atoms with Gasteiger partial charge in [0, 0.05) is 10.9 Å². The summed E-state index contributed by atoms with van der Waals surface area (Å²) in [5, 5.41) is 0. The second-order valence-electron chi connectivity index (χ2n) is 3.02. The first-order valence-corrected chi connectivity index (χ1v) is 5.18. The van der Waals surface area contributed by atoms with E-state index in [9.17, 15) is 0 Å². The second kappa shape index (κ2) is 4.11. The summed E-state index contributed by atoms with van der Waals surface area (Å²) in [6.45, 7) is 0.818. The molecule has 1 aliphatic rings. The third-order valence-corrected chi connectivity index (χ3v) is 2.44. The highest BCUT2D eigenvalue weighted by Gasteiger charge is 2.16. The van der Waals surface area contributed by atoms with E-state index in [1.807, 2.05) is 24.3 Å². The maximum Gasteiger partial charge on any atom is 0.199 e. The molecule has 13 heavy (non-hydrogen) atoms. The summed E-state index contributed by atoms with van der Waals surface area (Å²) >= 11 is 3.39. The summed E-state index contributed by atoms with van der Waals surface area (Å²) in [5.41, 5.74) is 0. The first kappa shape index (κ1) is 9.03. The lowest BCUT2D eigenvalue weighted by Crippen LogP contribution is -2.13. The minimum Gasteiger partial charge on any atom is -0.465 e. The van der Waals surface area contributed by atoms with Crippen molar-refractivity contribution in [3.63, 3.8) is 0 Å². The lowest BCUT2D eigenvalue weighted by molar-refractivity contribution is -0.0390. The van der Waals surface area contributed by atoms with Crippen molar-refractivity contribution in [3.05, 3.63) is 28.7 Å². The fourth-order valence-electron chi connectivity index (χ4n) is 1.33. The van der Waals surface area contributed by atoms with Crippen LogP contribution in [0.4, 0.5) is 0 Å². The highest BCUT2D eigenvalue weighted by molar-refractivity contribution is 9.10. The van der Waals surface area contributed by atoms with Gasteiger partial charge in [0.15, 0.2) is 6.29 Å². The van der Waals surface area contributed by atoms with Crippen molar-refractivity contribution in [1.29, 1.82) is 0 Å². The minimum atomic E-state index is -0.0469. The Bertz CT molecular complexity index is 282. The number of hydrogen-bond donors (Lipinski definition) is 0. The molecule has 1 aliphatic heterocycles. The van der Waals surface area contributed by atoms with E-state index in [1.54, 1.807) is 0 Å². The van der Waals surface area contributed by atoms with E-state index in [1.165, 1.54) is 0 Å². The molecule has 1 saturated heterocycles. The molecular formula is C10H11BrO2. The number of halogens is 1. The van der Waals surface area contributed by atoms with Crippen LogP contribution in [0.3, 0.4) is 0 Å². The van der Waals surface area contributed by atoms with Crippen molar-refractivity contribution < 1.29 is 9.47 Å². The molecule has 70 valence electrons. The SMILES string of the molecule is Brc1cccc(OC2CCCO2)c1. The normalized spacial score (nSPS) is 21.8. The van der Waals surface area contributed by atoms with Gasteiger partial charge in [-0.3, -0.25) is 0 Å². The van der Waals surface area contributed by atoms with Gasteiger partial charge in [-0.05, 0) is 24.6 Å². The lowest BCUT2D eigenvalue weighted by atomic mass is 10.3. The van der Waals surface area contributed by atoms with Gasteiger partial charge in [0.25, 0.3) is 0 Å². The summed E-state index contributed by atoms with van der Waals surface area (Å²) in [6, 6.07) is 7.81. The van der Waals surface area contributed by atoms with Crippen molar-refractivity contribution in [2.45, 2.75) is 19.1 Å². The maximum atomic E-state index is 5.60. The molecule has 1 unspecified atom stereocenters. The van der Waals surface area contributed by atoms with Crippen LogP contribution in [0.2, 0.25) is 0 Å². The summed E-state index contributed by atoms with van der Waals surface area (Å²) in [5.74, 6) is 0.862. The molecule has 1 aromatic rings. The van der Waals surface area contributed by atoms with Crippen LogP contribution in [-0.2, 0) is 4.74 Å².